The lowest BCUT2D eigenvalue weighted by atomic mass is 9.94. The zero-order valence-electron chi connectivity index (χ0n) is 8.69. The Morgan fingerprint density at radius 2 is 2.29 bits per heavy atom. The van der Waals surface area contributed by atoms with Gasteiger partial charge in [0.1, 0.15) is 0 Å². The van der Waals surface area contributed by atoms with E-state index in [0.717, 1.165) is 18.0 Å². The normalized spacial score (nSPS) is 20.4. The van der Waals surface area contributed by atoms with Gasteiger partial charge >= 0.3 is 0 Å². The predicted octanol–water partition coefficient (Wildman–Crippen LogP) is 2.00. The number of aromatic nitrogens is 1. The minimum atomic E-state index is 0.275. The first-order chi connectivity index (χ1) is 6.77. The van der Waals surface area contributed by atoms with Gasteiger partial charge in [-0.1, -0.05) is 13.0 Å². The fourth-order valence-corrected chi connectivity index (χ4v) is 1.92. The van der Waals surface area contributed by atoms with Crippen LogP contribution < -0.4 is 5.73 Å². The molecule has 1 aliphatic rings. The van der Waals surface area contributed by atoms with Crippen LogP contribution in [0.15, 0.2) is 24.4 Å². The van der Waals surface area contributed by atoms with Gasteiger partial charge in [-0.2, -0.15) is 0 Å². The van der Waals surface area contributed by atoms with E-state index in [9.17, 15) is 0 Å². The Hall–Kier alpha value is -0.890. The summed E-state index contributed by atoms with van der Waals surface area (Å²) >= 11 is 0. The Morgan fingerprint density at radius 3 is 2.86 bits per heavy atom. The molecule has 2 heteroatoms. The maximum absolute atomic E-state index is 6.15. The Kier molecular flexibility index (Phi) is 2.82. The minimum Gasteiger partial charge on any atom is -0.327 e. The molecule has 2 unspecified atom stereocenters. The molecule has 0 bridgehead atoms. The van der Waals surface area contributed by atoms with Crippen molar-refractivity contribution < 1.29 is 0 Å². The van der Waals surface area contributed by atoms with E-state index >= 15 is 0 Å². The zero-order chi connectivity index (χ0) is 9.97. The van der Waals surface area contributed by atoms with Crippen LogP contribution in [0.25, 0.3) is 0 Å². The van der Waals surface area contributed by atoms with Crippen LogP contribution in [0.2, 0.25) is 0 Å². The zero-order valence-corrected chi connectivity index (χ0v) is 8.69. The summed E-state index contributed by atoms with van der Waals surface area (Å²) in [7, 11) is 0. The molecule has 1 aliphatic carbocycles. The maximum atomic E-state index is 6.15. The Balaban J connectivity index is 1.90. The van der Waals surface area contributed by atoms with Gasteiger partial charge in [-0.05, 0) is 36.8 Å². The standard InChI is InChI=1S/C12H18N2/c1-9(10-5-6-10)12(13)8-11-4-2-3-7-14-11/h2-4,7,9-10,12H,5-6,8,13H2,1H3. The lowest BCUT2D eigenvalue weighted by molar-refractivity contribution is 0.402. The number of nitrogens with zero attached hydrogens (tertiary/aromatic N) is 1. The van der Waals surface area contributed by atoms with Crippen molar-refractivity contribution >= 4 is 0 Å². The molecule has 0 radical (unpaired) electrons. The summed E-state index contributed by atoms with van der Waals surface area (Å²) < 4.78 is 0. The van der Waals surface area contributed by atoms with Crippen LogP contribution in [0.3, 0.4) is 0 Å². The molecule has 2 rings (SSSR count). The van der Waals surface area contributed by atoms with Crippen molar-refractivity contribution in [1.82, 2.24) is 4.98 Å². The summed E-state index contributed by atoms with van der Waals surface area (Å²) in [5, 5.41) is 0. The number of pyridine rings is 1. The number of nitrogens with two attached hydrogens (primary N) is 1. The van der Waals surface area contributed by atoms with Gasteiger partial charge in [0.15, 0.2) is 0 Å². The molecular formula is C12H18N2. The first-order valence-corrected chi connectivity index (χ1v) is 5.43. The van der Waals surface area contributed by atoms with Gasteiger partial charge in [0.25, 0.3) is 0 Å². The van der Waals surface area contributed by atoms with Gasteiger partial charge in [0, 0.05) is 24.4 Å². The molecule has 1 aromatic heterocycles. The predicted molar refractivity (Wildman–Crippen MR) is 57.8 cm³/mol. The van der Waals surface area contributed by atoms with Gasteiger partial charge < -0.3 is 5.73 Å². The topological polar surface area (TPSA) is 38.9 Å². The highest BCUT2D eigenvalue weighted by Crippen LogP contribution is 2.38. The molecule has 2 atom stereocenters. The van der Waals surface area contributed by atoms with Crippen molar-refractivity contribution in [3.05, 3.63) is 30.1 Å². The van der Waals surface area contributed by atoms with E-state index in [1.165, 1.54) is 12.8 Å². The summed E-state index contributed by atoms with van der Waals surface area (Å²) in [6, 6.07) is 6.30. The summed E-state index contributed by atoms with van der Waals surface area (Å²) in [5.41, 5.74) is 7.27. The number of hydrogen-bond acceptors (Lipinski definition) is 2. The fraction of sp³-hybridized carbons (Fsp3) is 0.583. The van der Waals surface area contributed by atoms with Crippen LogP contribution in [0, 0.1) is 11.8 Å². The van der Waals surface area contributed by atoms with E-state index in [4.69, 9.17) is 5.73 Å². The molecule has 76 valence electrons. The van der Waals surface area contributed by atoms with E-state index in [0.29, 0.717) is 5.92 Å². The second-order valence-corrected chi connectivity index (χ2v) is 4.39. The van der Waals surface area contributed by atoms with Crippen molar-refractivity contribution in [2.75, 3.05) is 0 Å². The van der Waals surface area contributed by atoms with Crippen molar-refractivity contribution in [1.29, 1.82) is 0 Å². The first-order valence-electron chi connectivity index (χ1n) is 5.43. The lowest BCUT2D eigenvalue weighted by Crippen LogP contribution is -2.32. The first kappa shape index (κ1) is 9.66. The minimum absolute atomic E-state index is 0.275. The Labute approximate surface area is 85.5 Å². The average molecular weight is 190 g/mol. The summed E-state index contributed by atoms with van der Waals surface area (Å²) in [6.07, 6.45) is 5.50. The van der Waals surface area contributed by atoms with Crippen molar-refractivity contribution in [2.24, 2.45) is 17.6 Å². The Morgan fingerprint density at radius 1 is 1.50 bits per heavy atom. The van der Waals surface area contributed by atoms with Gasteiger partial charge in [0.05, 0.1) is 0 Å². The van der Waals surface area contributed by atoms with Gasteiger partial charge in [0.2, 0.25) is 0 Å². The molecule has 14 heavy (non-hydrogen) atoms. The van der Waals surface area contributed by atoms with E-state index in [1.807, 2.05) is 18.3 Å². The van der Waals surface area contributed by atoms with Crippen molar-refractivity contribution in [3.63, 3.8) is 0 Å². The van der Waals surface area contributed by atoms with Crippen molar-refractivity contribution in [2.45, 2.75) is 32.2 Å². The van der Waals surface area contributed by atoms with Gasteiger partial charge in [-0.25, -0.2) is 0 Å². The highest BCUT2D eigenvalue weighted by atomic mass is 14.7. The van der Waals surface area contributed by atoms with E-state index < -0.39 is 0 Å². The summed E-state index contributed by atoms with van der Waals surface area (Å²) in [6.45, 7) is 2.27. The van der Waals surface area contributed by atoms with E-state index in [-0.39, 0.29) is 6.04 Å². The lowest BCUT2D eigenvalue weighted by Gasteiger charge is -2.18. The highest BCUT2D eigenvalue weighted by molar-refractivity contribution is 5.06. The molecule has 1 heterocycles. The molecule has 0 amide bonds. The van der Waals surface area contributed by atoms with Crippen LogP contribution in [0.5, 0.6) is 0 Å². The molecule has 0 aromatic carbocycles. The van der Waals surface area contributed by atoms with Crippen LogP contribution in [-0.4, -0.2) is 11.0 Å². The van der Waals surface area contributed by atoms with Crippen LogP contribution in [0.1, 0.15) is 25.5 Å². The largest absolute Gasteiger partial charge is 0.327 e. The highest BCUT2D eigenvalue weighted by Gasteiger charge is 2.31. The maximum Gasteiger partial charge on any atom is 0.0419 e. The number of hydrogen-bond donors (Lipinski definition) is 1. The number of rotatable bonds is 4. The fourth-order valence-electron chi connectivity index (χ4n) is 1.92. The average Bonchev–Trinajstić information content (AvgIpc) is 3.01. The van der Waals surface area contributed by atoms with Crippen LogP contribution >= 0.6 is 0 Å². The SMILES string of the molecule is CC(C(N)Cc1ccccn1)C1CC1. The second-order valence-electron chi connectivity index (χ2n) is 4.39. The van der Waals surface area contributed by atoms with Crippen LogP contribution in [0.4, 0.5) is 0 Å². The van der Waals surface area contributed by atoms with E-state index in [2.05, 4.69) is 18.0 Å². The van der Waals surface area contributed by atoms with Gasteiger partial charge in [-0.15, -0.1) is 0 Å². The molecule has 2 N–H and O–H groups in total. The van der Waals surface area contributed by atoms with Crippen LogP contribution in [-0.2, 0) is 6.42 Å². The summed E-state index contributed by atoms with van der Waals surface area (Å²) in [4.78, 5) is 4.30. The summed E-state index contributed by atoms with van der Waals surface area (Å²) in [5.74, 6) is 1.53. The molecular weight excluding hydrogens is 172 g/mol. The molecule has 0 spiro atoms. The molecule has 1 fully saturated rings. The Bertz CT molecular complexity index is 280. The third-order valence-corrected chi connectivity index (χ3v) is 3.21. The van der Waals surface area contributed by atoms with Gasteiger partial charge in [-0.3, -0.25) is 4.98 Å². The molecule has 1 saturated carbocycles. The molecule has 2 nitrogen and oxygen atoms in total. The monoisotopic (exact) mass is 190 g/mol. The second kappa shape index (κ2) is 4.09. The third-order valence-electron chi connectivity index (χ3n) is 3.21. The third kappa shape index (κ3) is 2.32. The molecule has 0 aliphatic heterocycles. The molecule has 1 aromatic rings. The smallest absolute Gasteiger partial charge is 0.0419 e. The quantitative estimate of drug-likeness (QED) is 0.788. The van der Waals surface area contributed by atoms with E-state index in [1.54, 1.807) is 0 Å². The molecule has 0 saturated heterocycles. The van der Waals surface area contributed by atoms with Crippen molar-refractivity contribution in [3.8, 4) is 0 Å².